The highest BCUT2D eigenvalue weighted by Crippen LogP contribution is 2.34. The Labute approximate surface area is 128 Å². The van der Waals surface area contributed by atoms with Gasteiger partial charge in [-0.05, 0) is 19.0 Å². The summed E-state index contributed by atoms with van der Waals surface area (Å²) in [6.07, 6.45) is 2.47. The molecule has 0 bridgehead atoms. The molecule has 1 aliphatic heterocycles. The summed E-state index contributed by atoms with van der Waals surface area (Å²) in [5.41, 5.74) is 2.91. The summed E-state index contributed by atoms with van der Waals surface area (Å²) in [5, 5.41) is 3.24. The third kappa shape index (κ3) is 2.89. The van der Waals surface area contributed by atoms with Crippen molar-refractivity contribution >= 4 is 11.8 Å². The molecule has 0 atom stereocenters. The van der Waals surface area contributed by atoms with E-state index in [-0.39, 0.29) is 5.56 Å². The van der Waals surface area contributed by atoms with E-state index in [1.807, 2.05) is 12.1 Å². The maximum absolute atomic E-state index is 12.7. The number of thioether (sulfide) groups is 1. The molecule has 5 heteroatoms. The van der Waals surface area contributed by atoms with Crippen molar-refractivity contribution in [3.05, 3.63) is 46.5 Å². The largest absolute Gasteiger partial charge is 0.315 e. The fourth-order valence-corrected chi connectivity index (χ4v) is 3.60. The third-order valence-electron chi connectivity index (χ3n) is 3.66. The predicted molar refractivity (Wildman–Crippen MR) is 86.9 cm³/mol. The maximum atomic E-state index is 12.7. The number of rotatable bonds is 4. The van der Waals surface area contributed by atoms with Crippen molar-refractivity contribution in [2.24, 2.45) is 0 Å². The Bertz CT molecular complexity index is 696. The zero-order valence-corrected chi connectivity index (χ0v) is 12.9. The van der Waals surface area contributed by atoms with E-state index in [2.05, 4.69) is 29.4 Å². The van der Waals surface area contributed by atoms with Crippen molar-refractivity contribution in [3.8, 4) is 11.3 Å². The first-order chi connectivity index (χ1) is 10.3. The quantitative estimate of drug-likeness (QED) is 0.879. The number of hydrogen-bond donors (Lipinski definition) is 1. The van der Waals surface area contributed by atoms with Gasteiger partial charge in [0.05, 0.1) is 12.0 Å². The van der Waals surface area contributed by atoms with Gasteiger partial charge in [0.2, 0.25) is 0 Å². The molecule has 2 aromatic rings. The molecule has 2 heterocycles. The number of hydrogen-bond acceptors (Lipinski definition) is 4. The van der Waals surface area contributed by atoms with Crippen molar-refractivity contribution < 1.29 is 0 Å². The molecule has 0 aliphatic carbocycles. The van der Waals surface area contributed by atoms with Gasteiger partial charge < -0.3 is 5.32 Å². The van der Waals surface area contributed by atoms with Crippen LogP contribution in [0.15, 0.2) is 40.3 Å². The summed E-state index contributed by atoms with van der Waals surface area (Å²) < 4.78 is 1.72. The summed E-state index contributed by atoms with van der Waals surface area (Å²) in [6.45, 7) is 4.44. The number of likely N-dealkylation sites (N-methyl/N-ethyl adjacent to an activating group) is 1. The molecule has 0 unspecified atom stereocenters. The molecule has 1 aromatic carbocycles. The minimum Gasteiger partial charge on any atom is -0.315 e. The summed E-state index contributed by atoms with van der Waals surface area (Å²) in [4.78, 5) is 18.5. The van der Waals surface area contributed by atoms with Gasteiger partial charge in [0.25, 0.3) is 5.56 Å². The molecule has 3 rings (SSSR count). The monoisotopic (exact) mass is 301 g/mol. The Balaban J connectivity index is 2.02. The van der Waals surface area contributed by atoms with Crippen LogP contribution in [0.25, 0.3) is 11.3 Å². The number of nitrogens with one attached hydrogen (secondary N) is 1. The minimum atomic E-state index is 0.107. The lowest BCUT2D eigenvalue weighted by atomic mass is 10.1. The summed E-state index contributed by atoms with van der Waals surface area (Å²) in [7, 11) is 0. The average molecular weight is 301 g/mol. The van der Waals surface area contributed by atoms with Gasteiger partial charge >= 0.3 is 0 Å². The molecule has 0 amide bonds. The zero-order chi connectivity index (χ0) is 14.7. The molecular formula is C16H19N3OS. The summed E-state index contributed by atoms with van der Waals surface area (Å²) in [5.74, 6) is 0.929. The van der Waals surface area contributed by atoms with E-state index in [1.54, 1.807) is 22.7 Å². The van der Waals surface area contributed by atoms with Crippen LogP contribution in [0.1, 0.15) is 12.5 Å². The van der Waals surface area contributed by atoms with Gasteiger partial charge in [0, 0.05) is 34.9 Å². The van der Waals surface area contributed by atoms with Gasteiger partial charge in [0.1, 0.15) is 0 Å². The fourth-order valence-electron chi connectivity index (χ4n) is 2.58. The van der Waals surface area contributed by atoms with E-state index in [4.69, 9.17) is 0 Å². The molecule has 0 fully saturated rings. The molecule has 1 aromatic heterocycles. The van der Waals surface area contributed by atoms with Gasteiger partial charge in [-0.2, -0.15) is 0 Å². The summed E-state index contributed by atoms with van der Waals surface area (Å²) in [6, 6.07) is 8.21. The Morgan fingerprint density at radius 2 is 2.24 bits per heavy atom. The lowest BCUT2D eigenvalue weighted by molar-refractivity contribution is 0.588. The first kappa shape index (κ1) is 14.4. The molecule has 1 N–H and O–H groups in total. The van der Waals surface area contributed by atoms with Gasteiger partial charge in [-0.15, -0.1) is 11.8 Å². The molecule has 110 valence electrons. The number of nitrogens with zero attached hydrogens (tertiary/aromatic N) is 2. The van der Waals surface area contributed by atoms with Crippen molar-refractivity contribution in [1.29, 1.82) is 0 Å². The van der Waals surface area contributed by atoms with Gasteiger partial charge in [-0.1, -0.05) is 25.1 Å². The predicted octanol–water partition coefficient (Wildman–Crippen LogP) is 2.17. The van der Waals surface area contributed by atoms with Crippen molar-refractivity contribution in [3.63, 3.8) is 0 Å². The average Bonchev–Trinajstić information content (AvgIpc) is 2.70. The highest BCUT2D eigenvalue weighted by Gasteiger charge is 2.19. The van der Waals surface area contributed by atoms with E-state index in [1.165, 1.54) is 4.90 Å². The van der Waals surface area contributed by atoms with Crippen LogP contribution in [0, 0.1) is 0 Å². The summed E-state index contributed by atoms with van der Waals surface area (Å²) >= 11 is 1.80. The molecule has 0 saturated carbocycles. The second-order valence-electron chi connectivity index (χ2n) is 5.02. The standard InChI is InChI=1S/C16H19N3OS/c1-2-17-8-9-19-11-18-15-12-5-3-4-6-14(12)21-10-7-13(15)16(19)20/h3-6,11,17H,2,7-10H2,1H3. The van der Waals surface area contributed by atoms with Crippen molar-refractivity contribution in [1.82, 2.24) is 14.9 Å². The first-order valence-corrected chi connectivity index (χ1v) is 8.31. The Hall–Kier alpha value is -1.59. The Kier molecular flexibility index (Phi) is 4.41. The minimum absolute atomic E-state index is 0.107. The van der Waals surface area contributed by atoms with Crippen molar-refractivity contribution in [2.45, 2.75) is 24.8 Å². The van der Waals surface area contributed by atoms with Crippen LogP contribution < -0.4 is 10.9 Å². The molecule has 4 nitrogen and oxygen atoms in total. The molecule has 0 radical (unpaired) electrons. The smallest absolute Gasteiger partial charge is 0.257 e. The van der Waals surface area contributed by atoms with Gasteiger partial charge in [-0.3, -0.25) is 9.36 Å². The SMILES string of the molecule is CCNCCn1cnc2c(c1=O)CCSc1ccccc1-2. The van der Waals surface area contributed by atoms with E-state index >= 15 is 0 Å². The zero-order valence-electron chi connectivity index (χ0n) is 12.1. The van der Waals surface area contributed by atoms with Crippen LogP contribution in [0.3, 0.4) is 0 Å². The van der Waals surface area contributed by atoms with Crippen LogP contribution in [0.5, 0.6) is 0 Å². The van der Waals surface area contributed by atoms with Crippen LogP contribution in [-0.4, -0.2) is 28.4 Å². The van der Waals surface area contributed by atoms with E-state index in [0.717, 1.165) is 42.1 Å². The molecule has 0 spiro atoms. The van der Waals surface area contributed by atoms with Gasteiger partial charge in [0.15, 0.2) is 0 Å². The second kappa shape index (κ2) is 6.45. The highest BCUT2D eigenvalue weighted by atomic mass is 32.2. The molecule has 21 heavy (non-hydrogen) atoms. The number of benzene rings is 1. The lowest BCUT2D eigenvalue weighted by Crippen LogP contribution is -2.30. The fraction of sp³-hybridized carbons (Fsp3) is 0.375. The van der Waals surface area contributed by atoms with Crippen LogP contribution in [-0.2, 0) is 13.0 Å². The maximum Gasteiger partial charge on any atom is 0.257 e. The molecular weight excluding hydrogens is 282 g/mol. The van der Waals surface area contributed by atoms with Crippen LogP contribution in [0.4, 0.5) is 0 Å². The van der Waals surface area contributed by atoms with Crippen LogP contribution in [0.2, 0.25) is 0 Å². The molecule has 0 saturated heterocycles. The lowest BCUT2D eigenvalue weighted by Gasteiger charge is -2.11. The number of aromatic nitrogens is 2. The normalized spacial score (nSPS) is 13.4. The van der Waals surface area contributed by atoms with E-state index < -0.39 is 0 Å². The second-order valence-corrected chi connectivity index (χ2v) is 6.16. The topological polar surface area (TPSA) is 46.9 Å². The van der Waals surface area contributed by atoms with E-state index in [9.17, 15) is 4.79 Å². The van der Waals surface area contributed by atoms with Gasteiger partial charge in [-0.25, -0.2) is 4.98 Å². The Morgan fingerprint density at radius 3 is 3.10 bits per heavy atom. The third-order valence-corrected chi connectivity index (χ3v) is 4.74. The first-order valence-electron chi connectivity index (χ1n) is 7.32. The molecule has 1 aliphatic rings. The Morgan fingerprint density at radius 1 is 1.38 bits per heavy atom. The van der Waals surface area contributed by atoms with Crippen molar-refractivity contribution in [2.75, 3.05) is 18.8 Å². The van der Waals surface area contributed by atoms with Crippen LogP contribution >= 0.6 is 11.8 Å². The van der Waals surface area contributed by atoms with E-state index in [0.29, 0.717) is 6.54 Å². The highest BCUT2D eigenvalue weighted by molar-refractivity contribution is 7.99. The number of fused-ring (bicyclic) bond motifs is 3.